The lowest BCUT2D eigenvalue weighted by atomic mass is 9.99. The van der Waals surface area contributed by atoms with Gasteiger partial charge >= 0.3 is 0 Å². The molecule has 0 bridgehead atoms. The van der Waals surface area contributed by atoms with E-state index in [0.717, 1.165) is 67.3 Å². The monoisotopic (exact) mass is 594 g/mol. The SMILES string of the molecule is Cc1cc(C)cc(-c2nc3ccccc3nc2-c2ccc(N(c3ccccc3)c3ccc(-c4nc5ccccc5o4)cc3)cc2)c1. The largest absolute Gasteiger partial charge is 0.436 e. The molecule has 2 heterocycles. The summed E-state index contributed by atoms with van der Waals surface area (Å²) in [5, 5.41) is 0. The molecule has 0 unspecified atom stereocenters. The topological polar surface area (TPSA) is 55.1 Å². The van der Waals surface area contributed by atoms with Crippen LogP contribution in [-0.4, -0.2) is 15.0 Å². The maximum Gasteiger partial charge on any atom is 0.227 e. The van der Waals surface area contributed by atoms with Gasteiger partial charge in [0.25, 0.3) is 0 Å². The zero-order valence-corrected chi connectivity index (χ0v) is 25.6. The van der Waals surface area contributed by atoms with Crippen LogP contribution in [0.5, 0.6) is 0 Å². The molecule has 0 aliphatic heterocycles. The van der Waals surface area contributed by atoms with Gasteiger partial charge in [-0.25, -0.2) is 15.0 Å². The van der Waals surface area contributed by atoms with Gasteiger partial charge in [0.05, 0.1) is 22.4 Å². The predicted molar refractivity (Wildman–Crippen MR) is 188 cm³/mol. The standard InChI is InChI=1S/C41H30N4O/c1-27-24-28(2)26-31(25-27)40-39(42-35-12-6-7-13-36(35)43-40)29-16-20-33(21-17-29)45(32-10-4-3-5-11-32)34-22-18-30(19-23-34)41-44-37-14-8-9-15-38(37)46-41/h3-26H,1-2H3. The predicted octanol–water partition coefficient (Wildman–Crippen LogP) is 10.9. The molecule has 0 saturated carbocycles. The van der Waals surface area contributed by atoms with Crippen molar-refractivity contribution in [1.82, 2.24) is 15.0 Å². The maximum absolute atomic E-state index is 6.02. The number of para-hydroxylation sites is 5. The molecular weight excluding hydrogens is 564 g/mol. The van der Waals surface area contributed by atoms with Crippen molar-refractivity contribution in [3.05, 3.63) is 157 Å². The maximum atomic E-state index is 6.02. The van der Waals surface area contributed by atoms with Crippen molar-refractivity contribution in [2.24, 2.45) is 0 Å². The van der Waals surface area contributed by atoms with Crippen molar-refractivity contribution in [3.63, 3.8) is 0 Å². The highest BCUT2D eigenvalue weighted by Gasteiger charge is 2.17. The first kappa shape index (κ1) is 27.5. The number of hydrogen-bond acceptors (Lipinski definition) is 5. The molecule has 5 nitrogen and oxygen atoms in total. The van der Waals surface area contributed by atoms with Crippen molar-refractivity contribution in [2.45, 2.75) is 13.8 Å². The van der Waals surface area contributed by atoms with Gasteiger partial charge in [-0.15, -0.1) is 0 Å². The molecule has 5 heteroatoms. The van der Waals surface area contributed by atoms with E-state index in [-0.39, 0.29) is 0 Å². The lowest BCUT2D eigenvalue weighted by molar-refractivity contribution is 0.620. The first-order valence-electron chi connectivity index (χ1n) is 15.4. The summed E-state index contributed by atoms with van der Waals surface area (Å²) in [6.07, 6.45) is 0. The quantitative estimate of drug-likeness (QED) is 0.192. The van der Waals surface area contributed by atoms with Gasteiger partial charge in [-0.1, -0.05) is 71.8 Å². The van der Waals surface area contributed by atoms with Crippen LogP contribution in [-0.2, 0) is 0 Å². The summed E-state index contributed by atoms with van der Waals surface area (Å²) in [4.78, 5) is 17.2. The average molecular weight is 595 g/mol. The third-order valence-corrected chi connectivity index (χ3v) is 8.15. The number of fused-ring (bicyclic) bond motifs is 2. The number of anilines is 3. The van der Waals surface area contributed by atoms with Crippen molar-refractivity contribution >= 4 is 39.2 Å². The fourth-order valence-electron chi connectivity index (χ4n) is 6.06. The van der Waals surface area contributed by atoms with Gasteiger partial charge in [-0.2, -0.15) is 0 Å². The van der Waals surface area contributed by atoms with E-state index < -0.39 is 0 Å². The fourth-order valence-corrected chi connectivity index (χ4v) is 6.06. The molecule has 0 N–H and O–H groups in total. The smallest absolute Gasteiger partial charge is 0.227 e. The third-order valence-electron chi connectivity index (χ3n) is 8.15. The summed E-state index contributed by atoms with van der Waals surface area (Å²) < 4.78 is 6.02. The molecule has 0 spiro atoms. The number of hydrogen-bond donors (Lipinski definition) is 0. The fraction of sp³-hybridized carbons (Fsp3) is 0.0488. The molecule has 2 aromatic heterocycles. The molecule has 0 aliphatic rings. The van der Waals surface area contributed by atoms with E-state index >= 15 is 0 Å². The van der Waals surface area contributed by atoms with E-state index in [1.807, 2.05) is 54.6 Å². The molecule has 0 radical (unpaired) electrons. The van der Waals surface area contributed by atoms with Gasteiger partial charge in [-0.3, -0.25) is 0 Å². The first-order chi connectivity index (χ1) is 22.6. The van der Waals surface area contributed by atoms with Crippen LogP contribution in [0.15, 0.2) is 150 Å². The average Bonchev–Trinajstić information content (AvgIpc) is 3.53. The molecule has 0 amide bonds. The highest BCUT2D eigenvalue weighted by molar-refractivity contribution is 5.87. The second-order valence-corrected chi connectivity index (χ2v) is 11.5. The normalized spacial score (nSPS) is 11.3. The molecule has 8 rings (SSSR count). The summed E-state index contributed by atoms with van der Waals surface area (Å²) >= 11 is 0. The minimum atomic E-state index is 0.611. The van der Waals surface area contributed by atoms with Crippen LogP contribution in [0.3, 0.4) is 0 Å². The number of benzene rings is 6. The lowest BCUT2D eigenvalue weighted by Crippen LogP contribution is -2.09. The number of aromatic nitrogens is 3. The van der Waals surface area contributed by atoms with Gasteiger partial charge in [-0.05, 0) is 98.8 Å². The molecule has 0 fully saturated rings. The van der Waals surface area contributed by atoms with Crippen LogP contribution in [0.2, 0.25) is 0 Å². The number of nitrogens with zero attached hydrogens (tertiary/aromatic N) is 4. The molecule has 8 aromatic rings. The van der Waals surface area contributed by atoms with E-state index in [4.69, 9.17) is 14.4 Å². The molecule has 0 atom stereocenters. The Morgan fingerprint density at radius 3 is 1.54 bits per heavy atom. The van der Waals surface area contributed by atoms with E-state index in [9.17, 15) is 0 Å². The van der Waals surface area contributed by atoms with Crippen LogP contribution in [0, 0.1) is 13.8 Å². The Bertz CT molecular complexity index is 2270. The van der Waals surface area contributed by atoms with Crippen molar-refractivity contribution in [3.8, 4) is 34.0 Å². The van der Waals surface area contributed by atoms with Gasteiger partial charge in [0.1, 0.15) is 5.52 Å². The Hall–Kier alpha value is -6.07. The second-order valence-electron chi connectivity index (χ2n) is 11.5. The molecule has 220 valence electrons. The summed E-state index contributed by atoms with van der Waals surface area (Å²) in [6, 6.07) is 49.8. The lowest BCUT2D eigenvalue weighted by Gasteiger charge is -2.25. The van der Waals surface area contributed by atoms with E-state index in [1.165, 1.54) is 11.1 Å². The summed E-state index contributed by atoms with van der Waals surface area (Å²) in [5.74, 6) is 0.611. The Labute approximate surface area is 267 Å². The Kier molecular flexibility index (Phi) is 6.84. The molecule has 6 aromatic carbocycles. The molecular formula is C41H30N4O. The summed E-state index contributed by atoms with van der Waals surface area (Å²) in [6.45, 7) is 4.24. The van der Waals surface area contributed by atoms with Crippen molar-refractivity contribution in [1.29, 1.82) is 0 Å². The highest BCUT2D eigenvalue weighted by atomic mass is 16.3. The number of rotatable bonds is 6. The Morgan fingerprint density at radius 1 is 0.435 bits per heavy atom. The van der Waals surface area contributed by atoms with E-state index in [1.54, 1.807) is 0 Å². The molecule has 0 saturated heterocycles. The first-order valence-corrected chi connectivity index (χ1v) is 15.4. The Balaban J connectivity index is 1.20. The number of aryl methyl sites for hydroxylation is 2. The zero-order valence-electron chi connectivity index (χ0n) is 25.6. The van der Waals surface area contributed by atoms with Gasteiger partial charge in [0.15, 0.2) is 5.58 Å². The summed E-state index contributed by atoms with van der Waals surface area (Å²) in [7, 11) is 0. The van der Waals surface area contributed by atoms with E-state index in [0.29, 0.717) is 5.89 Å². The summed E-state index contributed by atoms with van der Waals surface area (Å²) in [5.41, 5.74) is 13.7. The minimum Gasteiger partial charge on any atom is -0.436 e. The van der Waals surface area contributed by atoms with Crippen LogP contribution in [0.4, 0.5) is 17.1 Å². The van der Waals surface area contributed by atoms with Gasteiger partial charge in [0.2, 0.25) is 5.89 Å². The Morgan fingerprint density at radius 2 is 0.935 bits per heavy atom. The molecule has 0 aliphatic carbocycles. The van der Waals surface area contributed by atoms with Gasteiger partial charge in [0, 0.05) is 33.8 Å². The zero-order chi connectivity index (χ0) is 31.0. The van der Waals surface area contributed by atoms with Crippen molar-refractivity contribution in [2.75, 3.05) is 4.90 Å². The number of oxazole rings is 1. The van der Waals surface area contributed by atoms with E-state index in [2.05, 4.69) is 115 Å². The van der Waals surface area contributed by atoms with Crippen LogP contribution in [0.1, 0.15) is 11.1 Å². The highest BCUT2D eigenvalue weighted by Crippen LogP contribution is 2.38. The van der Waals surface area contributed by atoms with Crippen LogP contribution in [0.25, 0.3) is 56.1 Å². The van der Waals surface area contributed by atoms with Gasteiger partial charge < -0.3 is 9.32 Å². The van der Waals surface area contributed by atoms with Crippen LogP contribution >= 0.6 is 0 Å². The van der Waals surface area contributed by atoms with Crippen LogP contribution < -0.4 is 4.90 Å². The van der Waals surface area contributed by atoms with Crippen molar-refractivity contribution < 1.29 is 4.42 Å². The third kappa shape index (κ3) is 5.18. The second kappa shape index (κ2) is 11.5. The minimum absolute atomic E-state index is 0.611. The molecule has 46 heavy (non-hydrogen) atoms.